The lowest BCUT2D eigenvalue weighted by Crippen LogP contribution is -2.57. The Kier molecular flexibility index (Phi) is 6.54. The number of morpholine rings is 1. The van der Waals surface area contributed by atoms with Crippen LogP contribution in [0.15, 0.2) is 0 Å². The molecule has 2 aliphatic carbocycles. The molecule has 0 unspecified atom stereocenters. The lowest BCUT2D eigenvalue weighted by atomic mass is 9.80. The van der Waals surface area contributed by atoms with E-state index in [0.717, 1.165) is 32.1 Å². The molecule has 0 aromatic carbocycles. The number of hydrogen-bond donors (Lipinski definition) is 1. The lowest BCUT2D eigenvalue weighted by Gasteiger charge is -2.33. The van der Waals surface area contributed by atoms with E-state index in [9.17, 15) is 14.4 Å². The molecule has 2 amide bonds. The van der Waals surface area contributed by atoms with Gasteiger partial charge in [0.05, 0.1) is 19.3 Å². The van der Waals surface area contributed by atoms with Crippen LogP contribution in [0.3, 0.4) is 0 Å². The van der Waals surface area contributed by atoms with E-state index in [1.54, 1.807) is 0 Å². The van der Waals surface area contributed by atoms with Gasteiger partial charge in [0.2, 0.25) is 11.8 Å². The van der Waals surface area contributed by atoms with E-state index in [0.29, 0.717) is 38.6 Å². The minimum absolute atomic E-state index is 0.00993. The average molecular weight is 407 g/mol. The summed E-state index contributed by atoms with van der Waals surface area (Å²) in [6.07, 6.45) is 9.02. The van der Waals surface area contributed by atoms with Crippen LogP contribution in [0.1, 0.15) is 64.2 Å². The van der Waals surface area contributed by atoms with Crippen LogP contribution in [0, 0.1) is 11.8 Å². The summed E-state index contributed by atoms with van der Waals surface area (Å²) in [5, 5.41) is 3.09. The van der Waals surface area contributed by atoms with Crippen molar-refractivity contribution in [2.45, 2.75) is 75.9 Å². The maximum atomic E-state index is 13.4. The van der Waals surface area contributed by atoms with Gasteiger partial charge in [-0.15, -0.1) is 0 Å². The minimum atomic E-state index is -0.857. The summed E-state index contributed by atoms with van der Waals surface area (Å²) in [5.41, 5.74) is -0.857. The number of hydrogen-bond acceptors (Lipinski definition) is 5. The van der Waals surface area contributed by atoms with Crippen LogP contribution < -0.4 is 5.32 Å². The summed E-state index contributed by atoms with van der Waals surface area (Å²) in [6.45, 7) is 2.39. The van der Waals surface area contributed by atoms with E-state index in [2.05, 4.69) is 5.32 Å². The first-order valence-corrected chi connectivity index (χ1v) is 11.4. The molecule has 2 saturated carbocycles. The predicted molar refractivity (Wildman–Crippen MR) is 106 cm³/mol. The summed E-state index contributed by atoms with van der Waals surface area (Å²) < 4.78 is 11.0. The van der Waals surface area contributed by atoms with Gasteiger partial charge >= 0.3 is 0 Å². The molecule has 0 aromatic rings. The third-order valence-electron chi connectivity index (χ3n) is 7.34. The maximum Gasteiger partial charge on any atom is 0.224 e. The van der Waals surface area contributed by atoms with Gasteiger partial charge in [-0.05, 0) is 31.6 Å². The van der Waals surface area contributed by atoms with Crippen molar-refractivity contribution in [2.75, 3.05) is 32.9 Å². The van der Waals surface area contributed by atoms with Gasteiger partial charge in [0.1, 0.15) is 12.1 Å². The highest BCUT2D eigenvalue weighted by atomic mass is 16.5. The number of rotatable bonds is 6. The van der Waals surface area contributed by atoms with E-state index in [-0.39, 0.29) is 42.6 Å². The van der Waals surface area contributed by atoms with E-state index >= 15 is 0 Å². The van der Waals surface area contributed by atoms with Crippen molar-refractivity contribution in [3.63, 3.8) is 0 Å². The first-order chi connectivity index (χ1) is 14.1. The summed E-state index contributed by atoms with van der Waals surface area (Å²) in [6, 6.07) is 0. The van der Waals surface area contributed by atoms with E-state index < -0.39 is 5.54 Å². The highest BCUT2D eigenvalue weighted by Gasteiger charge is 2.55. The van der Waals surface area contributed by atoms with Crippen molar-refractivity contribution in [3.05, 3.63) is 0 Å². The molecular formula is C22H34N2O5. The Morgan fingerprint density at radius 1 is 1.10 bits per heavy atom. The van der Waals surface area contributed by atoms with Gasteiger partial charge in [-0.1, -0.05) is 32.1 Å². The first kappa shape index (κ1) is 20.8. The van der Waals surface area contributed by atoms with Gasteiger partial charge in [0, 0.05) is 25.4 Å². The van der Waals surface area contributed by atoms with Crippen molar-refractivity contribution in [2.24, 2.45) is 11.8 Å². The molecule has 0 spiro atoms. The second kappa shape index (κ2) is 9.13. The molecule has 2 heterocycles. The summed E-state index contributed by atoms with van der Waals surface area (Å²) in [4.78, 5) is 40.6. The Bertz CT molecular complexity index is 627. The number of amides is 2. The fourth-order valence-electron chi connectivity index (χ4n) is 5.62. The van der Waals surface area contributed by atoms with Crippen molar-refractivity contribution < 1.29 is 23.9 Å². The van der Waals surface area contributed by atoms with Gasteiger partial charge in [0.15, 0.2) is 5.78 Å². The molecule has 162 valence electrons. The van der Waals surface area contributed by atoms with Crippen LogP contribution in [-0.4, -0.2) is 67.1 Å². The summed E-state index contributed by atoms with van der Waals surface area (Å²) >= 11 is 0. The molecule has 4 aliphatic rings. The number of carbonyl (C=O) groups is 3. The molecular weight excluding hydrogens is 372 g/mol. The van der Waals surface area contributed by atoms with E-state index in [1.807, 2.05) is 4.90 Å². The quantitative estimate of drug-likeness (QED) is 0.727. The zero-order valence-corrected chi connectivity index (χ0v) is 17.3. The van der Waals surface area contributed by atoms with Crippen LogP contribution in [0.5, 0.6) is 0 Å². The molecule has 1 N–H and O–H groups in total. The molecule has 4 rings (SSSR count). The lowest BCUT2D eigenvalue weighted by molar-refractivity contribution is -0.141. The minimum Gasteiger partial charge on any atom is -0.378 e. The van der Waals surface area contributed by atoms with Gasteiger partial charge in [-0.3, -0.25) is 14.4 Å². The largest absolute Gasteiger partial charge is 0.378 e. The normalized spacial score (nSPS) is 31.5. The fraction of sp³-hybridized carbons (Fsp3) is 0.864. The number of fused-ring (bicyclic) bond motifs is 1. The highest BCUT2D eigenvalue weighted by molar-refractivity contribution is 5.97. The Labute approximate surface area is 172 Å². The third kappa shape index (κ3) is 4.50. The summed E-state index contributed by atoms with van der Waals surface area (Å²) in [7, 11) is 0. The van der Waals surface area contributed by atoms with Gasteiger partial charge in [0.25, 0.3) is 0 Å². The van der Waals surface area contributed by atoms with Crippen molar-refractivity contribution >= 4 is 17.6 Å². The molecule has 0 aromatic heterocycles. The number of ketones is 1. The van der Waals surface area contributed by atoms with E-state index in [4.69, 9.17) is 9.47 Å². The topological polar surface area (TPSA) is 84.9 Å². The Morgan fingerprint density at radius 3 is 2.62 bits per heavy atom. The fourth-order valence-corrected chi connectivity index (χ4v) is 5.62. The van der Waals surface area contributed by atoms with E-state index in [1.165, 1.54) is 19.3 Å². The summed E-state index contributed by atoms with van der Waals surface area (Å²) in [5.74, 6) is -0.00667. The number of nitrogens with one attached hydrogen (secondary N) is 1. The highest BCUT2D eigenvalue weighted by Crippen LogP contribution is 2.39. The molecule has 0 radical (unpaired) electrons. The molecule has 29 heavy (non-hydrogen) atoms. The van der Waals surface area contributed by atoms with Crippen LogP contribution in [-0.2, 0) is 23.9 Å². The van der Waals surface area contributed by atoms with Gasteiger partial charge in [-0.2, -0.15) is 0 Å². The predicted octanol–water partition coefficient (Wildman–Crippen LogP) is 1.83. The monoisotopic (exact) mass is 406 g/mol. The van der Waals surface area contributed by atoms with Crippen LogP contribution in [0.2, 0.25) is 0 Å². The molecule has 4 fully saturated rings. The molecule has 3 atom stereocenters. The van der Waals surface area contributed by atoms with Crippen LogP contribution >= 0.6 is 0 Å². The van der Waals surface area contributed by atoms with Gasteiger partial charge < -0.3 is 19.7 Å². The smallest absolute Gasteiger partial charge is 0.224 e. The average Bonchev–Trinajstić information content (AvgIpc) is 3.28. The van der Waals surface area contributed by atoms with Crippen molar-refractivity contribution in [3.8, 4) is 0 Å². The number of ether oxygens (including phenoxy) is 2. The Balaban J connectivity index is 1.45. The van der Waals surface area contributed by atoms with Crippen LogP contribution in [0.25, 0.3) is 0 Å². The Hall–Kier alpha value is -1.47. The Morgan fingerprint density at radius 2 is 1.86 bits per heavy atom. The molecule has 7 heteroatoms. The first-order valence-electron chi connectivity index (χ1n) is 11.4. The zero-order chi connectivity index (χ0) is 20.3. The second-order valence-corrected chi connectivity index (χ2v) is 9.21. The second-order valence-electron chi connectivity index (χ2n) is 9.21. The molecule has 2 aliphatic heterocycles. The molecule has 0 bridgehead atoms. The number of Topliss-reactive ketones (excluding diaryl/α,β-unsaturated/α-hetero) is 1. The standard InChI is InChI=1S/C22H34N2O5/c25-18-15-29-19-7-4-8-22(18,19)23-21(27)17(13-16-5-2-1-3-6-16)14-20(26)24-9-11-28-12-10-24/h16-17,19H,1-15H2,(H,23,27)/t17-,19-,22+/m1/s1. The molecule has 2 saturated heterocycles. The van der Waals surface area contributed by atoms with Crippen molar-refractivity contribution in [1.82, 2.24) is 10.2 Å². The maximum absolute atomic E-state index is 13.4. The SMILES string of the molecule is O=C(N[C@]12CCC[C@H]1OCC2=O)[C@@H](CC(=O)N1CCOCC1)CC1CCCCC1. The van der Waals surface area contributed by atoms with Crippen LogP contribution in [0.4, 0.5) is 0 Å². The number of carbonyl (C=O) groups excluding carboxylic acids is 3. The third-order valence-corrected chi connectivity index (χ3v) is 7.34. The van der Waals surface area contributed by atoms with Gasteiger partial charge in [-0.25, -0.2) is 0 Å². The molecule has 7 nitrogen and oxygen atoms in total. The zero-order valence-electron chi connectivity index (χ0n) is 17.3. The van der Waals surface area contributed by atoms with Crippen molar-refractivity contribution in [1.29, 1.82) is 0 Å². The number of nitrogens with zero attached hydrogens (tertiary/aromatic N) is 1.